The van der Waals surface area contributed by atoms with E-state index in [-0.39, 0.29) is 11.9 Å². The van der Waals surface area contributed by atoms with Gasteiger partial charge in [0.25, 0.3) is 0 Å². The van der Waals surface area contributed by atoms with E-state index in [0.29, 0.717) is 13.0 Å². The van der Waals surface area contributed by atoms with Gasteiger partial charge in [-0.05, 0) is 0 Å². The Kier molecular flexibility index (Phi) is 7.82. The van der Waals surface area contributed by atoms with E-state index in [0.717, 1.165) is 51.3 Å². The molecule has 0 aliphatic rings. The third-order valence-electron chi connectivity index (χ3n) is 2.81. The topological polar surface area (TPSA) is 73.6 Å². The molecule has 109 valence electrons. The number of carbonyl (C=O) groups excluding carboxylic acids is 1. The molecule has 1 amide bonds. The van der Waals surface area contributed by atoms with Crippen LogP contribution in [0.4, 0.5) is 0 Å². The van der Waals surface area contributed by atoms with E-state index in [1.54, 1.807) is 14.2 Å². The molecule has 0 heterocycles. The summed E-state index contributed by atoms with van der Waals surface area (Å²) < 4.78 is 12.2. The summed E-state index contributed by atoms with van der Waals surface area (Å²) in [7, 11) is 3.23. The van der Waals surface area contributed by atoms with E-state index in [9.17, 15) is 4.79 Å². The Bertz CT molecular complexity index is 471. The Hall–Kier alpha value is -0.348. The van der Waals surface area contributed by atoms with Gasteiger partial charge >= 0.3 is 144 Å². The Morgan fingerprint density at radius 3 is 2.60 bits per heavy atom. The van der Waals surface area contributed by atoms with E-state index in [2.05, 4.69) is 21.2 Å². The molecular weight excluding hydrogens is 519 g/mol. The molecule has 3 radical (unpaired) electrons. The van der Waals surface area contributed by atoms with Gasteiger partial charge in [-0.25, -0.2) is 0 Å². The molecule has 3 N–H and O–H groups in total. The SMILES string of the molecule is COc1cc(CCNC(=O)C(N)[CH2][Pb])c(OC)cc1Br. The number of ether oxygens (including phenoxy) is 2. The van der Waals surface area contributed by atoms with Crippen molar-refractivity contribution in [3.05, 3.63) is 22.2 Å². The number of methoxy groups -OCH3 is 2. The Balaban J connectivity index is 2.69. The number of nitrogens with two attached hydrogens (primary N) is 1. The molecule has 0 fully saturated rings. The van der Waals surface area contributed by atoms with Crippen LogP contribution in [0, 0.1) is 0 Å². The fraction of sp³-hybridized carbons (Fsp3) is 0.462. The third kappa shape index (κ3) is 4.89. The van der Waals surface area contributed by atoms with Gasteiger partial charge in [0, 0.05) is 0 Å². The number of hydrogen-bond donors (Lipinski definition) is 2. The van der Waals surface area contributed by atoms with Gasteiger partial charge < -0.3 is 0 Å². The minimum absolute atomic E-state index is 0.0944. The van der Waals surface area contributed by atoms with E-state index < -0.39 is 0 Å². The molecule has 0 aliphatic heterocycles. The van der Waals surface area contributed by atoms with Crippen LogP contribution in [0.1, 0.15) is 5.56 Å². The molecule has 0 saturated heterocycles. The summed E-state index contributed by atoms with van der Waals surface area (Å²) in [6, 6.07) is 3.38. The second-order valence-electron chi connectivity index (χ2n) is 4.15. The van der Waals surface area contributed by atoms with Crippen molar-refractivity contribution in [2.45, 2.75) is 16.4 Å². The summed E-state index contributed by atoms with van der Waals surface area (Å²) >= 11 is 4.34. The summed E-state index contributed by atoms with van der Waals surface area (Å²) in [6.07, 6.45) is 0.659. The van der Waals surface area contributed by atoms with Crippen molar-refractivity contribution in [1.82, 2.24) is 5.32 Å². The van der Waals surface area contributed by atoms with Gasteiger partial charge in [-0.2, -0.15) is 0 Å². The van der Waals surface area contributed by atoms with Crippen molar-refractivity contribution in [1.29, 1.82) is 0 Å². The first kappa shape index (κ1) is 17.7. The van der Waals surface area contributed by atoms with Crippen molar-refractivity contribution >= 4 is 47.6 Å². The molecule has 7 heteroatoms. The Morgan fingerprint density at radius 1 is 1.40 bits per heavy atom. The monoisotopic (exact) mass is 537 g/mol. The quantitative estimate of drug-likeness (QED) is 0.511. The van der Waals surface area contributed by atoms with Gasteiger partial charge in [0.05, 0.1) is 0 Å². The van der Waals surface area contributed by atoms with Crippen molar-refractivity contribution in [2.75, 3.05) is 20.8 Å². The van der Waals surface area contributed by atoms with Crippen LogP contribution in [-0.2, 0) is 11.2 Å². The summed E-state index contributed by atoms with van der Waals surface area (Å²) in [5.41, 5.74) is 6.67. The third-order valence-corrected chi connectivity index (χ3v) is 5.13. The molecule has 0 bridgehead atoms. The van der Waals surface area contributed by atoms with Crippen LogP contribution in [0.15, 0.2) is 16.6 Å². The average molecular weight is 537 g/mol. The van der Waals surface area contributed by atoms with E-state index in [4.69, 9.17) is 15.2 Å². The van der Waals surface area contributed by atoms with Crippen molar-refractivity contribution in [2.24, 2.45) is 5.73 Å². The van der Waals surface area contributed by atoms with Gasteiger partial charge in [-0.15, -0.1) is 0 Å². The van der Waals surface area contributed by atoms with Crippen LogP contribution in [0.2, 0.25) is 3.98 Å². The molecule has 0 aromatic heterocycles. The molecular formula is C13H18BrN2O3Pb. The molecule has 0 spiro atoms. The number of rotatable bonds is 7. The van der Waals surface area contributed by atoms with Crippen molar-refractivity contribution in [3.63, 3.8) is 0 Å². The molecule has 1 rings (SSSR count). The summed E-state index contributed by atoms with van der Waals surface area (Å²) in [5.74, 6) is 1.41. The maximum absolute atomic E-state index is 11.6. The normalized spacial score (nSPS) is 11.8. The zero-order valence-electron chi connectivity index (χ0n) is 11.5. The molecule has 20 heavy (non-hydrogen) atoms. The van der Waals surface area contributed by atoms with Crippen LogP contribution in [0.25, 0.3) is 0 Å². The molecule has 1 aromatic rings. The van der Waals surface area contributed by atoms with Crippen LogP contribution in [-0.4, -0.2) is 58.5 Å². The van der Waals surface area contributed by atoms with Gasteiger partial charge in [-0.1, -0.05) is 0 Å². The van der Waals surface area contributed by atoms with Gasteiger partial charge in [0.1, 0.15) is 0 Å². The van der Waals surface area contributed by atoms with E-state index in [1.807, 2.05) is 12.1 Å². The summed E-state index contributed by atoms with van der Waals surface area (Å²) in [5, 5.41) is 2.84. The standard InChI is InChI=1S/C13H18BrN2O3.Pb/c1-8(15)13(17)16-5-4-9-6-12(19-3)10(14)7-11(9)18-2;/h6-8H,1,4-5,15H2,2-3H3,(H,16,17);. The predicted molar refractivity (Wildman–Crippen MR) is 82.5 cm³/mol. The second-order valence-corrected chi connectivity index (χ2v) is 6.59. The fourth-order valence-corrected chi connectivity index (χ4v) is 2.87. The molecule has 0 saturated carbocycles. The average Bonchev–Trinajstić information content (AvgIpc) is 2.46. The van der Waals surface area contributed by atoms with Crippen LogP contribution in [0.5, 0.6) is 11.5 Å². The predicted octanol–water partition coefficient (Wildman–Crippen LogP) is 1.04. The summed E-state index contributed by atoms with van der Waals surface area (Å²) in [4.78, 5) is 11.6. The fourth-order valence-electron chi connectivity index (χ4n) is 1.66. The number of benzene rings is 1. The molecule has 1 aromatic carbocycles. The van der Waals surface area contributed by atoms with Crippen molar-refractivity contribution < 1.29 is 14.3 Å². The van der Waals surface area contributed by atoms with Gasteiger partial charge in [0.2, 0.25) is 0 Å². The zero-order valence-corrected chi connectivity index (χ0v) is 17.0. The number of amides is 1. The number of hydrogen-bond acceptors (Lipinski definition) is 4. The van der Waals surface area contributed by atoms with Crippen LogP contribution < -0.4 is 20.5 Å². The Morgan fingerprint density at radius 2 is 2.05 bits per heavy atom. The second kappa shape index (κ2) is 8.83. The first-order valence-corrected chi connectivity index (χ1v) is 9.66. The first-order valence-electron chi connectivity index (χ1n) is 6.11. The molecule has 1 unspecified atom stereocenters. The van der Waals surface area contributed by atoms with Crippen LogP contribution in [0.3, 0.4) is 0 Å². The summed E-state index contributed by atoms with van der Waals surface area (Å²) in [6.45, 7) is 0.523. The van der Waals surface area contributed by atoms with E-state index >= 15 is 0 Å². The molecule has 1 atom stereocenters. The minimum atomic E-state index is -0.386. The Labute approximate surface area is 143 Å². The van der Waals surface area contributed by atoms with Crippen molar-refractivity contribution in [3.8, 4) is 11.5 Å². The number of nitrogens with one attached hydrogen (secondary N) is 1. The van der Waals surface area contributed by atoms with E-state index in [1.165, 1.54) is 0 Å². The number of halogens is 1. The van der Waals surface area contributed by atoms with Crippen LogP contribution >= 0.6 is 15.9 Å². The van der Waals surface area contributed by atoms with Gasteiger partial charge in [0.15, 0.2) is 0 Å². The molecule has 5 nitrogen and oxygen atoms in total. The number of carbonyl (C=O) groups is 1. The zero-order chi connectivity index (χ0) is 15.1. The maximum atomic E-state index is 11.6. The first-order chi connectivity index (χ1) is 9.53. The van der Waals surface area contributed by atoms with Gasteiger partial charge in [-0.3, -0.25) is 0 Å². The molecule has 0 aliphatic carbocycles.